The quantitative estimate of drug-likeness (QED) is 0.661. The summed E-state index contributed by atoms with van der Waals surface area (Å²) in [5.74, 6) is 0.451. The zero-order valence-electron chi connectivity index (χ0n) is 9.66. The summed E-state index contributed by atoms with van der Waals surface area (Å²) >= 11 is 0. The van der Waals surface area contributed by atoms with Crippen molar-refractivity contribution >= 4 is 12.0 Å². The first-order valence-electron chi connectivity index (χ1n) is 5.81. The van der Waals surface area contributed by atoms with Gasteiger partial charge in [0.05, 0.1) is 6.42 Å². The van der Waals surface area contributed by atoms with Crippen LogP contribution in [0.2, 0.25) is 0 Å². The average molecular weight is 228 g/mol. The first-order chi connectivity index (χ1) is 7.58. The summed E-state index contributed by atoms with van der Waals surface area (Å²) < 4.78 is 0. The van der Waals surface area contributed by atoms with Gasteiger partial charge in [-0.05, 0) is 24.7 Å². The highest BCUT2D eigenvalue weighted by atomic mass is 16.4. The molecule has 0 radical (unpaired) electrons. The van der Waals surface area contributed by atoms with Gasteiger partial charge in [-0.2, -0.15) is 0 Å². The van der Waals surface area contributed by atoms with E-state index in [1.54, 1.807) is 0 Å². The average Bonchev–Trinajstić information content (AvgIpc) is 2.61. The van der Waals surface area contributed by atoms with Crippen molar-refractivity contribution in [1.29, 1.82) is 0 Å². The van der Waals surface area contributed by atoms with Crippen LogP contribution in [0, 0.1) is 11.8 Å². The van der Waals surface area contributed by atoms with E-state index in [1.807, 2.05) is 0 Å². The van der Waals surface area contributed by atoms with Crippen LogP contribution < -0.4 is 10.6 Å². The van der Waals surface area contributed by atoms with Crippen LogP contribution >= 0.6 is 0 Å². The van der Waals surface area contributed by atoms with Crippen LogP contribution in [-0.2, 0) is 4.79 Å². The number of nitrogens with one attached hydrogen (secondary N) is 2. The first kappa shape index (κ1) is 12.8. The van der Waals surface area contributed by atoms with E-state index in [0.29, 0.717) is 12.5 Å². The zero-order chi connectivity index (χ0) is 12.0. The van der Waals surface area contributed by atoms with E-state index >= 15 is 0 Å². The van der Waals surface area contributed by atoms with Crippen molar-refractivity contribution in [3.8, 4) is 0 Å². The Hall–Kier alpha value is -1.26. The molecule has 0 aromatic heterocycles. The minimum Gasteiger partial charge on any atom is -0.481 e. The molecule has 0 aliphatic heterocycles. The Labute approximate surface area is 95.6 Å². The number of amides is 2. The van der Waals surface area contributed by atoms with Crippen LogP contribution in [0.3, 0.4) is 0 Å². The second-order valence-electron chi connectivity index (χ2n) is 4.56. The van der Waals surface area contributed by atoms with Crippen LogP contribution in [0.4, 0.5) is 4.79 Å². The van der Waals surface area contributed by atoms with Gasteiger partial charge in [-0.3, -0.25) is 4.79 Å². The number of carboxylic acid groups (broad SMARTS) is 1. The maximum absolute atomic E-state index is 11.2. The highest BCUT2D eigenvalue weighted by Gasteiger charge is 2.21. The predicted molar refractivity (Wildman–Crippen MR) is 60.2 cm³/mol. The van der Waals surface area contributed by atoms with Gasteiger partial charge < -0.3 is 15.7 Å². The molecule has 2 atom stereocenters. The lowest BCUT2D eigenvalue weighted by atomic mass is 10.1. The molecule has 1 rings (SSSR count). The molecule has 0 bridgehead atoms. The van der Waals surface area contributed by atoms with E-state index in [4.69, 9.17) is 5.11 Å². The monoisotopic (exact) mass is 228 g/mol. The third-order valence-corrected chi connectivity index (χ3v) is 2.98. The van der Waals surface area contributed by atoms with E-state index in [0.717, 1.165) is 5.92 Å². The predicted octanol–water partition coefficient (Wildman–Crippen LogP) is 1.20. The van der Waals surface area contributed by atoms with Gasteiger partial charge in [0.1, 0.15) is 0 Å². The van der Waals surface area contributed by atoms with Gasteiger partial charge in [0.2, 0.25) is 0 Å². The van der Waals surface area contributed by atoms with Gasteiger partial charge in [-0.25, -0.2) is 4.79 Å². The molecule has 92 valence electrons. The molecular weight excluding hydrogens is 208 g/mol. The molecule has 1 aliphatic rings. The van der Waals surface area contributed by atoms with E-state index in [-0.39, 0.29) is 19.0 Å². The van der Waals surface area contributed by atoms with E-state index < -0.39 is 5.97 Å². The Morgan fingerprint density at radius 1 is 1.31 bits per heavy atom. The summed E-state index contributed by atoms with van der Waals surface area (Å²) in [7, 11) is 0. The molecule has 1 saturated carbocycles. The fourth-order valence-corrected chi connectivity index (χ4v) is 2.09. The first-order valence-corrected chi connectivity index (χ1v) is 5.81. The third kappa shape index (κ3) is 5.00. The number of carbonyl (C=O) groups excluding carboxylic acids is 1. The van der Waals surface area contributed by atoms with Crippen LogP contribution in [0.25, 0.3) is 0 Å². The number of hydrogen-bond donors (Lipinski definition) is 3. The fraction of sp³-hybridized carbons (Fsp3) is 0.818. The lowest BCUT2D eigenvalue weighted by Gasteiger charge is -2.11. The highest BCUT2D eigenvalue weighted by Crippen LogP contribution is 2.29. The number of hydrogen-bond acceptors (Lipinski definition) is 2. The van der Waals surface area contributed by atoms with Crippen molar-refractivity contribution in [1.82, 2.24) is 10.6 Å². The minimum atomic E-state index is -0.898. The Morgan fingerprint density at radius 3 is 2.62 bits per heavy atom. The van der Waals surface area contributed by atoms with Crippen molar-refractivity contribution in [3.05, 3.63) is 0 Å². The summed E-state index contributed by atoms with van der Waals surface area (Å²) in [5.41, 5.74) is 0. The molecule has 5 heteroatoms. The lowest BCUT2D eigenvalue weighted by Crippen LogP contribution is -2.38. The Kier molecular flexibility index (Phi) is 5.08. The van der Waals surface area contributed by atoms with E-state index in [2.05, 4.69) is 17.6 Å². The molecule has 0 saturated heterocycles. The topological polar surface area (TPSA) is 78.4 Å². The van der Waals surface area contributed by atoms with Crippen LogP contribution in [0.5, 0.6) is 0 Å². The second-order valence-corrected chi connectivity index (χ2v) is 4.56. The number of aliphatic carboxylic acids is 1. The van der Waals surface area contributed by atoms with Crippen LogP contribution in [-0.4, -0.2) is 30.2 Å². The normalized spacial score (nSPS) is 24.1. The summed E-state index contributed by atoms with van der Waals surface area (Å²) in [6.07, 6.45) is 3.56. The molecule has 2 amide bonds. The van der Waals surface area contributed by atoms with E-state index in [9.17, 15) is 9.59 Å². The standard InChI is InChI=1S/C11H20N2O3/c1-8-2-3-9(6-8)7-13-11(16)12-5-4-10(14)15/h8-9H,2-7H2,1H3,(H,14,15)(H2,12,13,16). The molecule has 0 aromatic carbocycles. The Morgan fingerprint density at radius 2 is 2.06 bits per heavy atom. The Balaban J connectivity index is 2.04. The molecule has 2 unspecified atom stereocenters. The number of rotatable bonds is 5. The molecule has 1 fully saturated rings. The molecule has 0 aromatic rings. The maximum Gasteiger partial charge on any atom is 0.314 e. The van der Waals surface area contributed by atoms with Gasteiger partial charge >= 0.3 is 12.0 Å². The molecule has 16 heavy (non-hydrogen) atoms. The minimum absolute atomic E-state index is 0.0338. The van der Waals surface area contributed by atoms with Crippen LogP contribution in [0.1, 0.15) is 32.6 Å². The summed E-state index contributed by atoms with van der Waals surface area (Å²) in [5, 5.41) is 13.7. The number of carboxylic acids is 1. The lowest BCUT2D eigenvalue weighted by molar-refractivity contribution is -0.136. The van der Waals surface area contributed by atoms with Gasteiger partial charge in [0, 0.05) is 13.1 Å². The smallest absolute Gasteiger partial charge is 0.314 e. The van der Waals surface area contributed by atoms with Crippen molar-refractivity contribution in [3.63, 3.8) is 0 Å². The summed E-state index contributed by atoms with van der Waals surface area (Å²) in [6, 6.07) is -0.263. The molecule has 3 N–H and O–H groups in total. The van der Waals surface area contributed by atoms with Crippen LogP contribution in [0.15, 0.2) is 0 Å². The fourth-order valence-electron chi connectivity index (χ4n) is 2.09. The SMILES string of the molecule is CC1CCC(CNC(=O)NCCC(=O)O)C1. The van der Waals surface area contributed by atoms with Gasteiger partial charge in [-0.1, -0.05) is 13.3 Å². The molecule has 5 nitrogen and oxygen atoms in total. The largest absolute Gasteiger partial charge is 0.481 e. The van der Waals surface area contributed by atoms with E-state index in [1.165, 1.54) is 19.3 Å². The Bertz CT molecular complexity index is 256. The van der Waals surface area contributed by atoms with Crippen molar-refractivity contribution in [2.24, 2.45) is 11.8 Å². The summed E-state index contributed by atoms with van der Waals surface area (Å²) in [6.45, 7) is 3.11. The summed E-state index contributed by atoms with van der Waals surface area (Å²) in [4.78, 5) is 21.5. The molecule has 0 heterocycles. The van der Waals surface area contributed by atoms with Gasteiger partial charge in [0.15, 0.2) is 0 Å². The molecular formula is C11H20N2O3. The molecule has 1 aliphatic carbocycles. The highest BCUT2D eigenvalue weighted by molar-refractivity contribution is 5.74. The van der Waals surface area contributed by atoms with Crippen molar-refractivity contribution in [2.75, 3.05) is 13.1 Å². The number of urea groups is 1. The maximum atomic E-state index is 11.2. The van der Waals surface area contributed by atoms with Gasteiger partial charge in [0.25, 0.3) is 0 Å². The van der Waals surface area contributed by atoms with Crippen molar-refractivity contribution in [2.45, 2.75) is 32.6 Å². The zero-order valence-corrected chi connectivity index (χ0v) is 9.66. The second kappa shape index (κ2) is 6.35. The van der Waals surface area contributed by atoms with Gasteiger partial charge in [-0.15, -0.1) is 0 Å². The number of carbonyl (C=O) groups is 2. The molecule has 0 spiro atoms. The van der Waals surface area contributed by atoms with Crippen molar-refractivity contribution < 1.29 is 14.7 Å². The third-order valence-electron chi connectivity index (χ3n) is 2.98.